The van der Waals surface area contributed by atoms with Crippen LogP contribution in [0.1, 0.15) is 17.6 Å². The Hall–Kier alpha value is -4.19. The van der Waals surface area contributed by atoms with Crippen molar-refractivity contribution < 1.29 is 8.78 Å². The molecule has 4 nitrogen and oxygen atoms in total. The SMILES string of the molecule is FC(F)c1ccccc1-c1nc(NCc2ccc(-c3cccnc3)cc2)c2ccccc2n1. The van der Waals surface area contributed by atoms with Gasteiger partial charge < -0.3 is 5.32 Å². The van der Waals surface area contributed by atoms with Crippen LogP contribution in [0.15, 0.2) is 97.3 Å². The van der Waals surface area contributed by atoms with Crippen molar-refractivity contribution in [3.8, 4) is 22.5 Å². The lowest BCUT2D eigenvalue weighted by Gasteiger charge is -2.13. The minimum atomic E-state index is -2.61. The molecule has 0 aliphatic heterocycles. The minimum Gasteiger partial charge on any atom is -0.365 e. The highest BCUT2D eigenvalue weighted by Crippen LogP contribution is 2.32. The van der Waals surface area contributed by atoms with E-state index in [1.165, 1.54) is 6.07 Å². The number of alkyl halides is 2. The molecule has 0 aliphatic rings. The fourth-order valence-electron chi connectivity index (χ4n) is 3.76. The highest BCUT2D eigenvalue weighted by atomic mass is 19.3. The zero-order valence-corrected chi connectivity index (χ0v) is 17.6. The molecule has 0 aliphatic carbocycles. The molecule has 0 saturated heterocycles. The number of anilines is 1. The van der Waals surface area contributed by atoms with Crippen molar-refractivity contribution in [2.45, 2.75) is 13.0 Å². The zero-order chi connectivity index (χ0) is 22.6. The summed E-state index contributed by atoms with van der Waals surface area (Å²) in [5.41, 5.74) is 4.17. The van der Waals surface area contributed by atoms with Gasteiger partial charge in [-0.05, 0) is 34.9 Å². The fraction of sp³-hybridized carbons (Fsp3) is 0.0741. The maximum Gasteiger partial charge on any atom is 0.264 e. The van der Waals surface area contributed by atoms with Gasteiger partial charge in [-0.1, -0.05) is 66.7 Å². The molecule has 0 amide bonds. The highest BCUT2D eigenvalue weighted by molar-refractivity contribution is 5.90. The van der Waals surface area contributed by atoms with Gasteiger partial charge in [-0.3, -0.25) is 4.98 Å². The van der Waals surface area contributed by atoms with Gasteiger partial charge in [0.2, 0.25) is 0 Å². The van der Waals surface area contributed by atoms with Gasteiger partial charge in [-0.15, -0.1) is 0 Å². The normalized spacial score (nSPS) is 11.1. The van der Waals surface area contributed by atoms with Crippen LogP contribution in [0, 0.1) is 0 Å². The fourth-order valence-corrected chi connectivity index (χ4v) is 3.76. The average molecular weight is 438 g/mol. The molecule has 2 aromatic heterocycles. The third-order valence-electron chi connectivity index (χ3n) is 5.45. The van der Waals surface area contributed by atoms with E-state index in [1.807, 2.05) is 54.7 Å². The summed E-state index contributed by atoms with van der Waals surface area (Å²) in [6.45, 7) is 0.532. The molecule has 5 aromatic rings. The lowest BCUT2D eigenvalue weighted by Crippen LogP contribution is -2.05. The Balaban J connectivity index is 1.46. The predicted molar refractivity (Wildman–Crippen MR) is 127 cm³/mol. The first-order valence-corrected chi connectivity index (χ1v) is 10.6. The van der Waals surface area contributed by atoms with Gasteiger partial charge >= 0.3 is 0 Å². The van der Waals surface area contributed by atoms with E-state index in [9.17, 15) is 8.78 Å². The lowest BCUT2D eigenvalue weighted by molar-refractivity contribution is 0.152. The van der Waals surface area contributed by atoms with Gasteiger partial charge in [-0.25, -0.2) is 18.7 Å². The number of benzene rings is 3. The van der Waals surface area contributed by atoms with Crippen LogP contribution in [-0.4, -0.2) is 15.0 Å². The van der Waals surface area contributed by atoms with Gasteiger partial charge in [0, 0.05) is 35.5 Å². The molecule has 2 heterocycles. The van der Waals surface area contributed by atoms with Crippen molar-refractivity contribution >= 4 is 16.7 Å². The second-order valence-electron chi connectivity index (χ2n) is 7.59. The molecular formula is C27H20F2N4. The first-order chi connectivity index (χ1) is 16.2. The molecule has 0 fully saturated rings. The maximum absolute atomic E-state index is 13.6. The van der Waals surface area contributed by atoms with E-state index in [0.717, 1.165) is 22.1 Å². The number of para-hydroxylation sites is 1. The van der Waals surface area contributed by atoms with Crippen molar-refractivity contribution in [3.63, 3.8) is 0 Å². The van der Waals surface area contributed by atoms with Crippen LogP contribution in [0.3, 0.4) is 0 Å². The van der Waals surface area contributed by atoms with Gasteiger partial charge in [0.15, 0.2) is 5.82 Å². The Morgan fingerprint density at radius 2 is 1.55 bits per heavy atom. The molecule has 0 spiro atoms. The molecule has 5 rings (SSSR count). The van der Waals surface area contributed by atoms with Crippen LogP contribution in [0.4, 0.5) is 14.6 Å². The molecule has 1 N–H and O–H groups in total. The monoisotopic (exact) mass is 438 g/mol. The van der Waals surface area contributed by atoms with Crippen molar-refractivity contribution in [2.24, 2.45) is 0 Å². The summed E-state index contributed by atoms with van der Waals surface area (Å²) >= 11 is 0. The van der Waals surface area contributed by atoms with Gasteiger partial charge in [0.05, 0.1) is 5.52 Å². The average Bonchev–Trinajstić information content (AvgIpc) is 2.88. The predicted octanol–water partition coefficient (Wildman–Crippen LogP) is 6.91. The molecule has 0 radical (unpaired) electrons. The zero-order valence-electron chi connectivity index (χ0n) is 17.6. The molecule has 162 valence electrons. The lowest BCUT2D eigenvalue weighted by atomic mass is 10.1. The van der Waals surface area contributed by atoms with Crippen LogP contribution in [0.5, 0.6) is 0 Å². The topological polar surface area (TPSA) is 50.7 Å². The van der Waals surface area contributed by atoms with E-state index in [-0.39, 0.29) is 11.4 Å². The van der Waals surface area contributed by atoms with Crippen LogP contribution < -0.4 is 5.32 Å². The molecule has 0 atom stereocenters. The number of aromatic nitrogens is 3. The number of halogens is 2. The van der Waals surface area contributed by atoms with Crippen LogP contribution in [-0.2, 0) is 6.54 Å². The van der Waals surface area contributed by atoms with Gasteiger partial charge in [0.1, 0.15) is 5.82 Å². The standard InChI is InChI=1S/C27H20F2N4/c28-25(29)21-7-1-2-8-22(21)27-32-24-10-4-3-9-23(24)26(33-27)31-16-18-11-13-19(14-12-18)20-6-5-15-30-17-20/h1-15,17,25H,16H2,(H,31,32,33). The maximum atomic E-state index is 13.6. The Kier molecular flexibility index (Phi) is 5.72. The van der Waals surface area contributed by atoms with E-state index >= 15 is 0 Å². The summed E-state index contributed by atoms with van der Waals surface area (Å²) in [6, 6.07) is 26.1. The third kappa shape index (κ3) is 4.41. The first kappa shape index (κ1) is 20.7. The number of nitrogens with zero attached hydrogens (tertiary/aromatic N) is 3. The summed E-state index contributed by atoms with van der Waals surface area (Å²) < 4.78 is 27.2. The Bertz CT molecular complexity index is 1390. The first-order valence-electron chi connectivity index (χ1n) is 10.6. The largest absolute Gasteiger partial charge is 0.365 e. The van der Waals surface area contributed by atoms with Gasteiger partial charge in [0.25, 0.3) is 6.43 Å². The number of rotatable bonds is 6. The summed E-state index contributed by atoms with van der Waals surface area (Å²) in [7, 11) is 0. The Morgan fingerprint density at radius 1 is 0.758 bits per heavy atom. The molecule has 6 heteroatoms. The van der Waals surface area contributed by atoms with Crippen LogP contribution >= 0.6 is 0 Å². The molecule has 33 heavy (non-hydrogen) atoms. The Labute approximate surface area is 190 Å². The molecular weight excluding hydrogens is 418 g/mol. The van der Waals surface area contributed by atoms with Crippen LogP contribution in [0.2, 0.25) is 0 Å². The summed E-state index contributed by atoms with van der Waals surface area (Å²) in [6.07, 6.45) is 0.979. The van der Waals surface area contributed by atoms with E-state index < -0.39 is 6.43 Å². The van der Waals surface area contributed by atoms with E-state index in [2.05, 4.69) is 32.4 Å². The molecule has 0 bridgehead atoms. The molecule has 0 saturated carbocycles. The Morgan fingerprint density at radius 3 is 2.33 bits per heavy atom. The molecule has 0 unspecified atom stereocenters. The number of fused-ring (bicyclic) bond motifs is 1. The van der Waals surface area contributed by atoms with Crippen molar-refractivity contribution in [1.29, 1.82) is 0 Å². The molecule has 3 aromatic carbocycles. The van der Waals surface area contributed by atoms with Crippen molar-refractivity contribution in [3.05, 3.63) is 108 Å². The number of pyridine rings is 1. The van der Waals surface area contributed by atoms with Crippen LogP contribution in [0.25, 0.3) is 33.4 Å². The van der Waals surface area contributed by atoms with Crippen molar-refractivity contribution in [2.75, 3.05) is 5.32 Å². The number of hydrogen-bond acceptors (Lipinski definition) is 4. The number of hydrogen-bond donors (Lipinski definition) is 1. The second-order valence-corrected chi connectivity index (χ2v) is 7.59. The highest BCUT2D eigenvalue weighted by Gasteiger charge is 2.17. The summed E-state index contributed by atoms with van der Waals surface area (Å²) in [4.78, 5) is 13.4. The van der Waals surface area contributed by atoms with E-state index in [0.29, 0.717) is 23.4 Å². The second kappa shape index (κ2) is 9.12. The minimum absolute atomic E-state index is 0.0790. The van der Waals surface area contributed by atoms with E-state index in [4.69, 9.17) is 0 Å². The van der Waals surface area contributed by atoms with E-state index in [1.54, 1.807) is 24.4 Å². The summed E-state index contributed by atoms with van der Waals surface area (Å²) in [5, 5.41) is 4.21. The van der Waals surface area contributed by atoms with Gasteiger partial charge in [-0.2, -0.15) is 0 Å². The smallest absolute Gasteiger partial charge is 0.264 e. The number of nitrogens with one attached hydrogen (secondary N) is 1. The third-order valence-corrected chi connectivity index (χ3v) is 5.45. The quantitative estimate of drug-likeness (QED) is 0.313. The summed E-state index contributed by atoms with van der Waals surface area (Å²) in [5.74, 6) is 0.884. The van der Waals surface area contributed by atoms with Crippen molar-refractivity contribution in [1.82, 2.24) is 15.0 Å².